The van der Waals surface area contributed by atoms with Gasteiger partial charge in [0.2, 0.25) is 0 Å². The molecular formula is C16H25N. The topological polar surface area (TPSA) is 26.0 Å². The average Bonchev–Trinajstić information content (AvgIpc) is 2.32. The summed E-state index contributed by atoms with van der Waals surface area (Å²) in [5.74, 6) is 1.45. The Kier molecular flexibility index (Phi) is 4.61. The molecule has 0 aromatic heterocycles. The summed E-state index contributed by atoms with van der Waals surface area (Å²) in [6, 6.07) is 9.21. The lowest BCUT2D eigenvalue weighted by Gasteiger charge is -2.33. The van der Waals surface area contributed by atoms with Gasteiger partial charge in [-0.25, -0.2) is 0 Å². The molecule has 1 unspecified atom stereocenters. The van der Waals surface area contributed by atoms with Gasteiger partial charge >= 0.3 is 0 Å². The van der Waals surface area contributed by atoms with Gasteiger partial charge in [-0.1, -0.05) is 44.0 Å². The summed E-state index contributed by atoms with van der Waals surface area (Å²) < 4.78 is 0. The molecule has 1 saturated carbocycles. The first-order valence-corrected chi connectivity index (χ1v) is 7.14. The fourth-order valence-electron chi connectivity index (χ4n) is 2.76. The molecule has 0 spiro atoms. The van der Waals surface area contributed by atoms with Crippen LogP contribution in [0.3, 0.4) is 0 Å². The lowest BCUT2D eigenvalue weighted by molar-refractivity contribution is 0.264. The smallest absolute Gasteiger partial charge is 0.000556 e. The lowest BCUT2D eigenvalue weighted by Crippen LogP contribution is -2.26. The molecule has 1 aromatic carbocycles. The maximum Gasteiger partial charge on any atom is -0.000556 e. The Balaban J connectivity index is 1.99. The summed E-state index contributed by atoms with van der Waals surface area (Å²) in [5.41, 5.74) is 8.86. The van der Waals surface area contributed by atoms with Crippen molar-refractivity contribution in [3.8, 4) is 0 Å². The van der Waals surface area contributed by atoms with Crippen LogP contribution in [0.1, 0.15) is 56.1 Å². The maximum atomic E-state index is 5.93. The van der Waals surface area contributed by atoms with E-state index in [0.717, 1.165) is 12.5 Å². The van der Waals surface area contributed by atoms with Crippen molar-refractivity contribution < 1.29 is 0 Å². The van der Waals surface area contributed by atoms with Crippen LogP contribution in [0, 0.1) is 5.92 Å². The molecule has 0 bridgehead atoms. The molecule has 0 aliphatic heterocycles. The predicted molar refractivity (Wildman–Crippen MR) is 74.2 cm³/mol. The van der Waals surface area contributed by atoms with Crippen molar-refractivity contribution in [1.82, 2.24) is 0 Å². The third-order valence-electron chi connectivity index (χ3n) is 4.20. The highest BCUT2D eigenvalue weighted by Gasteiger charge is 2.27. The van der Waals surface area contributed by atoms with Gasteiger partial charge in [0.15, 0.2) is 0 Å². The minimum absolute atomic E-state index is 0.601. The Hall–Kier alpha value is -0.820. The van der Waals surface area contributed by atoms with Crippen molar-refractivity contribution in [1.29, 1.82) is 0 Å². The highest BCUT2D eigenvalue weighted by Crippen LogP contribution is 2.38. The normalized spacial score (nSPS) is 17.8. The van der Waals surface area contributed by atoms with Crippen molar-refractivity contribution in [2.45, 2.75) is 51.4 Å². The van der Waals surface area contributed by atoms with E-state index in [1.807, 2.05) is 0 Å². The van der Waals surface area contributed by atoms with Crippen LogP contribution < -0.4 is 5.73 Å². The van der Waals surface area contributed by atoms with Crippen LogP contribution >= 0.6 is 0 Å². The second-order valence-corrected chi connectivity index (χ2v) is 5.38. The van der Waals surface area contributed by atoms with Gasteiger partial charge in [0, 0.05) is 0 Å². The quantitative estimate of drug-likeness (QED) is 0.790. The molecule has 1 aliphatic rings. The molecule has 2 rings (SSSR count). The highest BCUT2D eigenvalue weighted by atomic mass is 14.6. The molecule has 1 aliphatic carbocycles. The van der Waals surface area contributed by atoms with Crippen LogP contribution in [0.4, 0.5) is 0 Å². The van der Waals surface area contributed by atoms with E-state index < -0.39 is 0 Å². The van der Waals surface area contributed by atoms with E-state index in [9.17, 15) is 0 Å². The second kappa shape index (κ2) is 6.20. The molecule has 1 atom stereocenters. The third kappa shape index (κ3) is 3.10. The number of benzene rings is 1. The Morgan fingerprint density at radius 3 is 2.41 bits per heavy atom. The van der Waals surface area contributed by atoms with Crippen LogP contribution in [-0.4, -0.2) is 6.54 Å². The molecular weight excluding hydrogens is 206 g/mol. The molecule has 0 amide bonds. The first-order chi connectivity index (χ1) is 8.35. The summed E-state index contributed by atoms with van der Waals surface area (Å²) in [4.78, 5) is 0. The fourth-order valence-corrected chi connectivity index (χ4v) is 2.76. The third-order valence-corrected chi connectivity index (χ3v) is 4.20. The molecule has 2 N–H and O–H groups in total. The SMILES string of the molecule is CCCCc1ccc(C(CN)C2CCC2)cc1. The van der Waals surface area contributed by atoms with Crippen molar-refractivity contribution in [3.05, 3.63) is 35.4 Å². The van der Waals surface area contributed by atoms with Gasteiger partial charge in [0.25, 0.3) is 0 Å². The van der Waals surface area contributed by atoms with Crippen molar-refractivity contribution in [3.63, 3.8) is 0 Å². The monoisotopic (exact) mass is 231 g/mol. The molecule has 17 heavy (non-hydrogen) atoms. The van der Waals surface area contributed by atoms with Gasteiger partial charge in [-0.15, -0.1) is 0 Å². The van der Waals surface area contributed by atoms with Gasteiger partial charge in [-0.05, 0) is 55.2 Å². The van der Waals surface area contributed by atoms with Crippen LogP contribution in [0.5, 0.6) is 0 Å². The Morgan fingerprint density at radius 2 is 1.94 bits per heavy atom. The van der Waals surface area contributed by atoms with Gasteiger partial charge in [0.05, 0.1) is 0 Å². The van der Waals surface area contributed by atoms with Crippen molar-refractivity contribution in [2.24, 2.45) is 11.7 Å². The zero-order valence-corrected chi connectivity index (χ0v) is 11.0. The van der Waals surface area contributed by atoms with Crippen LogP contribution in [0.2, 0.25) is 0 Å². The minimum atomic E-state index is 0.601. The Labute approximate surface area is 105 Å². The van der Waals surface area contributed by atoms with Crippen LogP contribution in [-0.2, 0) is 6.42 Å². The number of hydrogen-bond donors (Lipinski definition) is 1. The maximum absolute atomic E-state index is 5.93. The number of unbranched alkanes of at least 4 members (excludes halogenated alkanes) is 1. The summed E-state index contributed by atoms with van der Waals surface area (Å²) in [5, 5.41) is 0. The molecule has 1 heteroatoms. The standard InChI is InChI=1S/C16H25N/c1-2-3-5-13-8-10-15(11-9-13)16(12-17)14-6-4-7-14/h8-11,14,16H,2-7,12,17H2,1H3. The number of nitrogens with two attached hydrogens (primary N) is 1. The van der Waals surface area contributed by atoms with E-state index in [4.69, 9.17) is 5.73 Å². The Bertz CT molecular complexity index is 324. The van der Waals surface area contributed by atoms with E-state index in [1.54, 1.807) is 0 Å². The lowest BCUT2D eigenvalue weighted by atomic mass is 9.73. The van der Waals surface area contributed by atoms with E-state index in [2.05, 4.69) is 31.2 Å². The van der Waals surface area contributed by atoms with Gasteiger partial charge in [0.1, 0.15) is 0 Å². The second-order valence-electron chi connectivity index (χ2n) is 5.38. The molecule has 0 saturated heterocycles. The zero-order chi connectivity index (χ0) is 12.1. The van der Waals surface area contributed by atoms with E-state index in [-0.39, 0.29) is 0 Å². The summed E-state index contributed by atoms with van der Waals surface area (Å²) in [6.45, 7) is 3.05. The Morgan fingerprint density at radius 1 is 1.24 bits per heavy atom. The molecule has 0 heterocycles. The van der Waals surface area contributed by atoms with E-state index in [0.29, 0.717) is 5.92 Å². The minimum Gasteiger partial charge on any atom is -0.330 e. The van der Waals surface area contributed by atoms with E-state index in [1.165, 1.54) is 49.7 Å². The summed E-state index contributed by atoms with van der Waals surface area (Å²) in [6.07, 6.45) is 7.93. The molecule has 1 aromatic rings. The van der Waals surface area contributed by atoms with Crippen LogP contribution in [0.25, 0.3) is 0 Å². The van der Waals surface area contributed by atoms with Gasteiger partial charge < -0.3 is 5.73 Å². The fraction of sp³-hybridized carbons (Fsp3) is 0.625. The van der Waals surface area contributed by atoms with E-state index >= 15 is 0 Å². The zero-order valence-electron chi connectivity index (χ0n) is 11.0. The first-order valence-electron chi connectivity index (χ1n) is 7.14. The molecule has 0 radical (unpaired) electrons. The molecule has 1 fully saturated rings. The number of aryl methyl sites for hydroxylation is 1. The molecule has 94 valence electrons. The largest absolute Gasteiger partial charge is 0.330 e. The average molecular weight is 231 g/mol. The van der Waals surface area contributed by atoms with Crippen LogP contribution in [0.15, 0.2) is 24.3 Å². The van der Waals surface area contributed by atoms with Crippen molar-refractivity contribution >= 4 is 0 Å². The highest BCUT2D eigenvalue weighted by molar-refractivity contribution is 5.26. The van der Waals surface area contributed by atoms with Crippen molar-refractivity contribution in [2.75, 3.05) is 6.54 Å². The summed E-state index contributed by atoms with van der Waals surface area (Å²) >= 11 is 0. The molecule has 1 nitrogen and oxygen atoms in total. The first kappa shape index (κ1) is 12.6. The van der Waals surface area contributed by atoms with Gasteiger partial charge in [-0.3, -0.25) is 0 Å². The predicted octanol–water partition coefficient (Wildman–Crippen LogP) is 3.87. The summed E-state index contributed by atoms with van der Waals surface area (Å²) in [7, 11) is 0. The number of hydrogen-bond acceptors (Lipinski definition) is 1. The van der Waals surface area contributed by atoms with Gasteiger partial charge in [-0.2, -0.15) is 0 Å². The number of rotatable bonds is 6.